The Balaban J connectivity index is 1.93. The first kappa shape index (κ1) is 12.2. The van der Waals surface area contributed by atoms with Gasteiger partial charge in [0.15, 0.2) is 0 Å². The summed E-state index contributed by atoms with van der Waals surface area (Å²) < 4.78 is 1.10. The highest BCUT2D eigenvalue weighted by Crippen LogP contribution is 2.16. The average Bonchev–Trinajstić information content (AvgIpc) is 2.38. The van der Waals surface area contributed by atoms with Crippen LogP contribution in [0.15, 0.2) is 47.1 Å². The highest BCUT2D eigenvalue weighted by molar-refractivity contribution is 9.10. The molecule has 4 heteroatoms. The van der Waals surface area contributed by atoms with Crippen molar-refractivity contribution in [3.8, 4) is 0 Å². The fourth-order valence-corrected chi connectivity index (χ4v) is 1.82. The Morgan fingerprint density at radius 2 is 2.00 bits per heavy atom. The van der Waals surface area contributed by atoms with Gasteiger partial charge in [-0.3, -0.25) is 0 Å². The second-order valence-electron chi connectivity index (χ2n) is 3.87. The zero-order chi connectivity index (χ0) is 12.1. The van der Waals surface area contributed by atoms with Crippen LogP contribution in [-0.4, -0.2) is 10.2 Å². The molecule has 1 unspecified atom stereocenters. The van der Waals surface area contributed by atoms with Crippen LogP contribution in [0, 0.1) is 0 Å². The first-order valence-corrected chi connectivity index (χ1v) is 6.30. The van der Waals surface area contributed by atoms with Gasteiger partial charge < -0.3 is 5.32 Å². The van der Waals surface area contributed by atoms with Gasteiger partial charge in [-0.2, -0.15) is 10.2 Å². The van der Waals surface area contributed by atoms with Crippen LogP contribution in [0.2, 0.25) is 0 Å². The van der Waals surface area contributed by atoms with Crippen molar-refractivity contribution < 1.29 is 0 Å². The molecular formula is C13H14BrN3. The first-order chi connectivity index (χ1) is 8.25. The first-order valence-electron chi connectivity index (χ1n) is 5.51. The van der Waals surface area contributed by atoms with E-state index in [9.17, 15) is 0 Å². The number of nitrogens with zero attached hydrogens (tertiary/aromatic N) is 2. The molecule has 1 aromatic heterocycles. The zero-order valence-corrected chi connectivity index (χ0v) is 11.2. The van der Waals surface area contributed by atoms with E-state index in [1.165, 1.54) is 5.56 Å². The summed E-state index contributed by atoms with van der Waals surface area (Å²) in [7, 11) is 0. The fourth-order valence-electron chi connectivity index (χ4n) is 1.55. The van der Waals surface area contributed by atoms with E-state index in [1.807, 2.05) is 12.1 Å². The molecule has 0 bridgehead atoms. The van der Waals surface area contributed by atoms with Crippen molar-refractivity contribution in [3.63, 3.8) is 0 Å². The average molecular weight is 292 g/mol. The fraction of sp³-hybridized carbons (Fsp3) is 0.231. The van der Waals surface area contributed by atoms with Gasteiger partial charge in [0.05, 0.1) is 5.69 Å². The van der Waals surface area contributed by atoms with Crippen molar-refractivity contribution >= 4 is 15.9 Å². The maximum absolute atomic E-state index is 4.04. The molecule has 1 atom stereocenters. The van der Waals surface area contributed by atoms with Crippen molar-refractivity contribution in [2.24, 2.45) is 0 Å². The zero-order valence-electron chi connectivity index (χ0n) is 9.60. The van der Waals surface area contributed by atoms with E-state index in [-0.39, 0.29) is 0 Å². The molecule has 0 aliphatic rings. The van der Waals surface area contributed by atoms with E-state index in [2.05, 4.69) is 62.6 Å². The normalized spacial score (nSPS) is 12.4. The summed E-state index contributed by atoms with van der Waals surface area (Å²) in [6, 6.07) is 12.5. The summed E-state index contributed by atoms with van der Waals surface area (Å²) in [5.41, 5.74) is 2.22. The van der Waals surface area contributed by atoms with E-state index in [4.69, 9.17) is 0 Å². The Hall–Kier alpha value is -1.26. The van der Waals surface area contributed by atoms with Crippen LogP contribution in [0.4, 0.5) is 0 Å². The molecule has 0 aliphatic heterocycles. The molecule has 0 saturated heterocycles. The smallest absolute Gasteiger partial charge is 0.0769 e. The lowest BCUT2D eigenvalue weighted by atomic mass is 10.1. The summed E-state index contributed by atoms with van der Waals surface area (Å²) in [5, 5.41) is 11.3. The van der Waals surface area contributed by atoms with Crippen molar-refractivity contribution in [2.45, 2.75) is 19.5 Å². The Morgan fingerprint density at radius 3 is 2.65 bits per heavy atom. The molecule has 1 aromatic carbocycles. The van der Waals surface area contributed by atoms with Crippen molar-refractivity contribution in [3.05, 3.63) is 58.3 Å². The number of hydrogen-bond acceptors (Lipinski definition) is 3. The van der Waals surface area contributed by atoms with Gasteiger partial charge in [-0.1, -0.05) is 28.1 Å². The molecule has 1 heterocycles. The third-order valence-electron chi connectivity index (χ3n) is 2.59. The van der Waals surface area contributed by atoms with Crippen molar-refractivity contribution in [1.29, 1.82) is 0 Å². The molecular weight excluding hydrogens is 278 g/mol. The summed E-state index contributed by atoms with van der Waals surface area (Å²) in [4.78, 5) is 0. The maximum atomic E-state index is 4.04. The van der Waals surface area contributed by atoms with Crippen LogP contribution < -0.4 is 5.32 Å². The molecule has 0 amide bonds. The van der Waals surface area contributed by atoms with Crippen molar-refractivity contribution in [1.82, 2.24) is 15.5 Å². The lowest BCUT2D eigenvalue weighted by Gasteiger charge is -2.13. The second-order valence-corrected chi connectivity index (χ2v) is 4.78. The van der Waals surface area contributed by atoms with Crippen LogP contribution in [0.25, 0.3) is 0 Å². The number of halogens is 1. The summed E-state index contributed by atoms with van der Waals surface area (Å²) in [6.45, 7) is 2.87. The maximum Gasteiger partial charge on any atom is 0.0769 e. The van der Waals surface area contributed by atoms with Crippen LogP contribution in [0.1, 0.15) is 24.2 Å². The van der Waals surface area contributed by atoms with Gasteiger partial charge in [-0.25, -0.2) is 0 Å². The van der Waals surface area contributed by atoms with Crippen LogP contribution >= 0.6 is 15.9 Å². The van der Waals surface area contributed by atoms with Gasteiger partial charge in [-0.15, -0.1) is 0 Å². The minimum Gasteiger partial charge on any atom is -0.304 e. The molecule has 0 saturated carbocycles. The summed E-state index contributed by atoms with van der Waals surface area (Å²) in [6.07, 6.45) is 1.68. The minimum atomic E-state index is 0.296. The van der Waals surface area contributed by atoms with Crippen LogP contribution in [-0.2, 0) is 6.54 Å². The lowest BCUT2D eigenvalue weighted by molar-refractivity contribution is 0.564. The highest BCUT2D eigenvalue weighted by Gasteiger charge is 2.04. The van der Waals surface area contributed by atoms with Crippen molar-refractivity contribution in [2.75, 3.05) is 0 Å². The number of hydrogen-bond donors (Lipinski definition) is 1. The molecule has 0 spiro atoms. The van der Waals surface area contributed by atoms with E-state index in [0.717, 1.165) is 16.7 Å². The highest BCUT2D eigenvalue weighted by atomic mass is 79.9. The largest absolute Gasteiger partial charge is 0.304 e. The third kappa shape index (κ3) is 3.61. The molecule has 0 fully saturated rings. The molecule has 3 nitrogen and oxygen atoms in total. The minimum absolute atomic E-state index is 0.296. The topological polar surface area (TPSA) is 37.8 Å². The van der Waals surface area contributed by atoms with Crippen LogP contribution in [0.5, 0.6) is 0 Å². The third-order valence-corrected chi connectivity index (χ3v) is 3.12. The summed E-state index contributed by atoms with van der Waals surface area (Å²) in [5.74, 6) is 0. The number of rotatable bonds is 4. The molecule has 17 heavy (non-hydrogen) atoms. The monoisotopic (exact) mass is 291 g/mol. The predicted molar refractivity (Wildman–Crippen MR) is 71.4 cm³/mol. The van der Waals surface area contributed by atoms with Gasteiger partial charge in [-0.05, 0) is 36.8 Å². The second kappa shape index (κ2) is 5.89. The standard InChI is InChI=1S/C13H14BrN3/c1-10(11-4-6-12(14)7-5-11)15-9-13-3-2-8-16-17-13/h2-8,10,15H,9H2,1H3. The van der Waals surface area contributed by atoms with E-state index >= 15 is 0 Å². The predicted octanol–water partition coefficient (Wildman–Crippen LogP) is 3.09. The summed E-state index contributed by atoms with van der Waals surface area (Å²) >= 11 is 3.43. The van der Waals surface area contributed by atoms with Gasteiger partial charge in [0.2, 0.25) is 0 Å². The number of benzene rings is 1. The molecule has 0 aliphatic carbocycles. The van der Waals surface area contributed by atoms with E-state index in [1.54, 1.807) is 6.20 Å². The molecule has 1 N–H and O–H groups in total. The Kier molecular flexibility index (Phi) is 4.23. The van der Waals surface area contributed by atoms with Gasteiger partial charge in [0.25, 0.3) is 0 Å². The Bertz CT molecular complexity index is 456. The van der Waals surface area contributed by atoms with E-state index in [0.29, 0.717) is 6.04 Å². The molecule has 0 radical (unpaired) electrons. The molecule has 88 valence electrons. The quantitative estimate of drug-likeness (QED) is 0.941. The Labute approximate surface area is 109 Å². The van der Waals surface area contributed by atoms with Gasteiger partial charge >= 0.3 is 0 Å². The van der Waals surface area contributed by atoms with Gasteiger partial charge in [0, 0.05) is 23.3 Å². The van der Waals surface area contributed by atoms with Crippen LogP contribution in [0.3, 0.4) is 0 Å². The number of aromatic nitrogens is 2. The number of nitrogens with one attached hydrogen (secondary N) is 1. The molecule has 2 rings (SSSR count). The Morgan fingerprint density at radius 1 is 1.24 bits per heavy atom. The molecule has 2 aromatic rings. The SMILES string of the molecule is CC(NCc1cccnn1)c1ccc(Br)cc1. The van der Waals surface area contributed by atoms with E-state index < -0.39 is 0 Å². The van der Waals surface area contributed by atoms with Gasteiger partial charge in [0.1, 0.15) is 0 Å². The lowest BCUT2D eigenvalue weighted by Crippen LogP contribution is -2.18.